The first-order valence-corrected chi connectivity index (χ1v) is 9.06. The van der Waals surface area contributed by atoms with Crippen LogP contribution >= 0.6 is 0 Å². The summed E-state index contributed by atoms with van der Waals surface area (Å²) in [6.45, 7) is 3.32. The van der Waals surface area contributed by atoms with Gasteiger partial charge in [-0.2, -0.15) is 13.2 Å². The largest absolute Gasteiger partial charge is 0.416 e. The molecule has 0 aliphatic carbocycles. The number of nitrogens with one attached hydrogen (secondary N) is 2. The molecule has 2 aromatic carbocycles. The highest BCUT2D eigenvalue weighted by Crippen LogP contribution is 2.30. The Morgan fingerprint density at radius 2 is 1.82 bits per heavy atom. The number of anilines is 3. The molecule has 0 bridgehead atoms. The maximum Gasteiger partial charge on any atom is 0.416 e. The van der Waals surface area contributed by atoms with Gasteiger partial charge in [-0.05, 0) is 30.3 Å². The van der Waals surface area contributed by atoms with E-state index in [1.54, 1.807) is 0 Å². The van der Waals surface area contributed by atoms with Crippen molar-refractivity contribution in [2.75, 3.05) is 48.4 Å². The average molecular weight is 393 g/mol. The van der Waals surface area contributed by atoms with Crippen LogP contribution in [0.3, 0.4) is 0 Å². The first-order valence-electron chi connectivity index (χ1n) is 9.06. The summed E-state index contributed by atoms with van der Waals surface area (Å²) in [6, 6.07) is 12.4. The van der Waals surface area contributed by atoms with E-state index >= 15 is 0 Å². The lowest BCUT2D eigenvalue weighted by molar-refractivity contribution is -0.137. The number of para-hydroxylation sites is 2. The number of benzene rings is 2. The summed E-state index contributed by atoms with van der Waals surface area (Å²) < 4.78 is 43.6. The SMILES string of the molecule is O=C(CCNc1ccccc1N1CCOCC1)Nc1cccc(C(F)(F)F)c1. The molecule has 1 heterocycles. The highest BCUT2D eigenvalue weighted by Gasteiger charge is 2.30. The minimum absolute atomic E-state index is 0.133. The maximum atomic E-state index is 12.8. The molecule has 1 aliphatic rings. The monoisotopic (exact) mass is 393 g/mol. The van der Waals surface area contributed by atoms with Gasteiger partial charge in [0.2, 0.25) is 5.91 Å². The van der Waals surface area contributed by atoms with Gasteiger partial charge in [-0.1, -0.05) is 18.2 Å². The van der Waals surface area contributed by atoms with E-state index in [1.165, 1.54) is 12.1 Å². The van der Waals surface area contributed by atoms with Crippen molar-refractivity contribution in [3.63, 3.8) is 0 Å². The second-order valence-corrected chi connectivity index (χ2v) is 6.42. The third-order valence-electron chi connectivity index (χ3n) is 4.40. The Morgan fingerprint density at radius 1 is 1.07 bits per heavy atom. The molecule has 1 fully saturated rings. The second-order valence-electron chi connectivity index (χ2n) is 6.42. The molecule has 2 N–H and O–H groups in total. The molecule has 0 spiro atoms. The number of nitrogens with zero attached hydrogens (tertiary/aromatic N) is 1. The number of halogens is 3. The lowest BCUT2D eigenvalue weighted by Gasteiger charge is -2.30. The zero-order valence-corrected chi connectivity index (χ0v) is 15.3. The quantitative estimate of drug-likeness (QED) is 0.780. The van der Waals surface area contributed by atoms with Crippen molar-refractivity contribution in [2.24, 2.45) is 0 Å². The molecule has 1 amide bonds. The van der Waals surface area contributed by atoms with E-state index in [0.717, 1.165) is 36.6 Å². The predicted molar refractivity (Wildman–Crippen MR) is 103 cm³/mol. The normalized spacial score (nSPS) is 14.6. The van der Waals surface area contributed by atoms with Gasteiger partial charge in [0, 0.05) is 31.7 Å². The fourth-order valence-corrected chi connectivity index (χ4v) is 3.01. The van der Waals surface area contributed by atoms with Crippen LogP contribution in [0.15, 0.2) is 48.5 Å². The van der Waals surface area contributed by atoms with Crippen LogP contribution in [0.25, 0.3) is 0 Å². The molecule has 1 aliphatic heterocycles. The lowest BCUT2D eigenvalue weighted by atomic mass is 10.2. The molecule has 1 saturated heterocycles. The molecule has 0 unspecified atom stereocenters. The smallest absolute Gasteiger partial charge is 0.383 e. The number of morpholine rings is 1. The molecule has 0 radical (unpaired) electrons. The summed E-state index contributed by atoms with van der Waals surface area (Å²) in [4.78, 5) is 14.3. The zero-order chi connectivity index (χ0) is 20.0. The Kier molecular flexibility index (Phi) is 6.41. The highest BCUT2D eigenvalue weighted by molar-refractivity contribution is 5.91. The summed E-state index contributed by atoms with van der Waals surface area (Å²) in [7, 11) is 0. The zero-order valence-electron chi connectivity index (χ0n) is 15.3. The van der Waals surface area contributed by atoms with Crippen molar-refractivity contribution >= 4 is 23.0 Å². The van der Waals surface area contributed by atoms with E-state index in [-0.39, 0.29) is 18.0 Å². The number of hydrogen-bond acceptors (Lipinski definition) is 4. The summed E-state index contributed by atoms with van der Waals surface area (Å²) in [5.41, 5.74) is 1.30. The van der Waals surface area contributed by atoms with Crippen LogP contribution in [-0.4, -0.2) is 38.8 Å². The molecule has 0 atom stereocenters. The van der Waals surface area contributed by atoms with E-state index in [0.29, 0.717) is 19.8 Å². The van der Waals surface area contributed by atoms with Crippen LogP contribution in [0.4, 0.5) is 30.2 Å². The molecule has 2 aromatic rings. The number of amides is 1. The number of rotatable bonds is 6. The second kappa shape index (κ2) is 8.97. The molecular formula is C20H22F3N3O2. The van der Waals surface area contributed by atoms with Crippen LogP contribution in [0.1, 0.15) is 12.0 Å². The maximum absolute atomic E-state index is 12.8. The summed E-state index contributed by atoms with van der Waals surface area (Å²) in [6.07, 6.45) is -4.31. The Bertz CT molecular complexity index is 805. The lowest BCUT2D eigenvalue weighted by Crippen LogP contribution is -2.36. The van der Waals surface area contributed by atoms with E-state index in [2.05, 4.69) is 15.5 Å². The van der Waals surface area contributed by atoms with Crippen LogP contribution in [0, 0.1) is 0 Å². The Balaban J connectivity index is 1.54. The van der Waals surface area contributed by atoms with Gasteiger partial charge in [0.25, 0.3) is 0 Å². The van der Waals surface area contributed by atoms with Gasteiger partial charge in [-0.15, -0.1) is 0 Å². The number of alkyl halides is 3. The average Bonchev–Trinajstić information content (AvgIpc) is 2.68. The van der Waals surface area contributed by atoms with E-state index < -0.39 is 11.7 Å². The molecule has 0 aromatic heterocycles. The van der Waals surface area contributed by atoms with Gasteiger partial charge in [0.15, 0.2) is 0 Å². The minimum Gasteiger partial charge on any atom is -0.383 e. The molecule has 8 heteroatoms. The van der Waals surface area contributed by atoms with Gasteiger partial charge in [0.05, 0.1) is 30.2 Å². The van der Waals surface area contributed by atoms with Crippen molar-refractivity contribution in [1.29, 1.82) is 0 Å². The van der Waals surface area contributed by atoms with Crippen LogP contribution in [-0.2, 0) is 15.7 Å². The number of ether oxygens (including phenoxy) is 1. The van der Waals surface area contributed by atoms with Crippen molar-refractivity contribution in [3.8, 4) is 0 Å². The first-order chi connectivity index (χ1) is 13.4. The van der Waals surface area contributed by atoms with E-state index in [1.807, 2.05) is 24.3 Å². The van der Waals surface area contributed by atoms with Gasteiger partial charge >= 0.3 is 6.18 Å². The third-order valence-corrected chi connectivity index (χ3v) is 4.40. The Hall–Kier alpha value is -2.74. The fraction of sp³-hybridized carbons (Fsp3) is 0.350. The highest BCUT2D eigenvalue weighted by atomic mass is 19.4. The molecule has 28 heavy (non-hydrogen) atoms. The van der Waals surface area contributed by atoms with Gasteiger partial charge in [0.1, 0.15) is 0 Å². The van der Waals surface area contributed by atoms with Crippen LogP contribution < -0.4 is 15.5 Å². The molecular weight excluding hydrogens is 371 g/mol. The van der Waals surface area contributed by atoms with Gasteiger partial charge in [-0.25, -0.2) is 0 Å². The molecule has 0 saturated carbocycles. The Morgan fingerprint density at radius 3 is 2.57 bits per heavy atom. The standard InChI is InChI=1S/C20H22F3N3O2/c21-20(22,23)15-4-3-5-16(14-15)25-19(27)8-9-24-17-6-1-2-7-18(17)26-10-12-28-13-11-26/h1-7,14,24H,8-13H2,(H,25,27). The topological polar surface area (TPSA) is 53.6 Å². The van der Waals surface area contributed by atoms with Crippen molar-refractivity contribution < 1.29 is 22.7 Å². The molecule has 150 valence electrons. The number of carbonyl (C=O) groups is 1. The van der Waals surface area contributed by atoms with Gasteiger partial charge in [-0.3, -0.25) is 4.79 Å². The van der Waals surface area contributed by atoms with Crippen molar-refractivity contribution in [3.05, 3.63) is 54.1 Å². The summed E-state index contributed by atoms with van der Waals surface area (Å²) >= 11 is 0. The minimum atomic E-state index is -4.44. The van der Waals surface area contributed by atoms with Crippen molar-refractivity contribution in [2.45, 2.75) is 12.6 Å². The Labute approximate surface area is 161 Å². The van der Waals surface area contributed by atoms with Crippen LogP contribution in [0.2, 0.25) is 0 Å². The molecule has 3 rings (SSSR count). The number of carbonyl (C=O) groups excluding carboxylic acids is 1. The fourth-order valence-electron chi connectivity index (χ4n) is 3.01. The third kappa shape index (κ3) is 5.39. The van der Waals surface area contributed by atoms with Crippen LogP contribution in [0.5, 0.6) is 0 Å². The first kappa shape index (κ1) is 20.0. The predicted octanol–water partition coefficient (Wildman–Crippen LogP) is 3.98. The summed E-state index contributed by atoms with van der Waals surface area (Å²) in [5, 5.41) is 5.75. The van der Waals surface area contributed by atoms with Gasteiger partial charge < -0.3 is 20.3 Å². The summed E-state index contributed by atoms with van der Waals surface area (Å²) in [5.74, 6) is -0.351. The number of hydrogen-bond donors (Lipinski definition) is 2. The van der Waals surface area contributed by atoms with E-state index in [4.69, 9.17) is 4.74 Å². The molecule has 5 nitrogen and oxygen atoms in total. The van der Waals surface area contributed by atoms with Crippen molar-refractivity contribution in [1.82, 2.24) is 0 Å². The van der Waals surface area contributed by atoms with E-state index in [9.17, 15) is 18.0 Å².